The molecule has 0 saturated carbocycles. The van der Waals surface area contributed by atoms with E-state index in [9.17, 15) is 0 Å². The lowest BCUT2D eigenvalue weighted by atomic mass is 9.92. The summed E-state index contributed by atoms with van der Waals surface area (Å²) in [6.45, 7) is 4.78. The number of para-hydroxylation sites is 1. The van der Waals surface area contributed by atoms with Crippen molar-refractivity contribution < 1.29 is 4.74 Å². The molecule has 0 spiro atoms. The molecule has 1 saturated heterocycles. The molecule has 17 heavy (non-hydrogen) atoms. The summed E-state index contributed by atoms with van der Waals surface area (Å²) in [5.41, 5.74) is 2.63. The molecule has 1 fully saturated rings. The highest BCUT2D eigenvalue weighted by Gasteiger charge is 2.28. The average molecular weight is 230 g/mol. The van der Waals surface area contributed by atoms with Crippen LogP contribution in [0.25, 0.3) is 10.9 Å². The first kappa shape index (κ1) is 10.8. The predicted octanol–water partition coefficient (Wildman–Crippen LogP) is 2.09. The summed E-state index contributed by atoms with van der Waals surface area (Å²) in [4.78, 5) is 3.33. The molecule has 3 nitrogen and oxygen atoms in total. The molecule has 1 atom stereocenters. The van der Waals surface area contributed by atoms with Crippen LogP contribution in [0.2, 0.25) is 0 Å². The number of morpholine rings is 1. The zero-order valence-electron chi connectivity index (χ0n) is 10.1. The van der Waals surface area contributed by atoms with Crippen LogP contribution in [-0.4, -0.2) is 30.3 Å². The van der Waals surface area contributed by atoms with E-state index in [2.05, 4.69) is 47.7 Å². The minimum atomic E-state index is 0.0587. The molecule has 1 aromatic carbocycles. The minimum Gasteiger partial charge on any atom is -0.378 e. The van der Waals surface area contributed by atoms with Gasteiger partial charge < -0.3 is 15.0 Å². The van der Waals surface area contributed by atoms with Gasteiger partial charge in [-0.1, -0.05) is 18.2 Å². The van der Waals surface area contributed by atoms with Crippen molar-refractivity contribution in [2.45, 2.75) is 18.9 Å². The molecule has 1 aliphatic heterocycles. The molecule has 3 heteroatoms. The lowest BCUT2D eigenvalue weighted by molar-refractivity contribution is 0.0357. The van der Waals surface area contributed by atoms with E-state index in [1.807, 2.05) is 0 Å². The van der Waals surface area contributed by atoms with Crippen LogP contribution < -0.4 is 5.32 Å². The first-order valence-corrected chi connectivity index (χ1v) is 6.15. The van der Waals surface area contributed by atoms with Gasteiger partial charge in [0.05, 0.1) is 13.2 Å². The molecule has 0 amide bonds. The van der Waals surface area contributed by atoms with Crippen molar-refractivity contribution in [1.82, 2.24) is 10.3 Å². The molecule has 0 bridgehead atoms. The van der Waals surface area contributed by atoms with Crippen LogP contribution in [-0.2, 0) is 11.2 Å². The Morgan fingerprint density at radius 2 is 2.24 bits per heavy atom. The first-order valence-electron chi connectivity index (χ1n) is 6.15. The Morgan fingerprint density at radius 1 is 1.35 bits per heavy atom. The van der Waals surface area contributed by atoms with Gasteiger partial charge in [0.25, 0.3) is 0 Å². The third-order valence-corrected chi connectivity index (χ3v) is 3.47. The smallest absolute Gasteiger partial charge is 0.0649 e. The second-order valence-corrected chi connectivity index (χ2v) is 5.08. The number of rotatable bonds is 2. The fourth-order valence-electron chi connectivity index (χ4n) is 2.59. The molecular formula is C14H18N2O. The Bertz CT molecular complexity index is 512. The Hall–Kier alpha value is -1.32. The largest absolute Gasteiger partial charge is 0.378 e. The normalized spacial score (nSPS) is 25.2. The fourth-order valence-corrected chi connectivity index (χ4v) is 2.59. The number of hydrogen-bond donors (Lipinski definition) is 2. The maximum absolute atomic E-state index is 5.57. The Balaban J connectivity index is 1.89. The summed E-state index contributed by atoms with van der Waals surface area (Å²) < 4.78 is 5.57. The standard InChI is InChI=1S/C14H18N2O/c1-14(10-17-7-6-16-14)8-11-9-15-13-5-3-2-4-12(11)13/h2-5,9,15-16H,6-8,10H2,1H3. The molecule has 1 aromatic heterocycles. The predicted molar refractivity (Wildman–Crippen MR) is 69.2 cm³/mol. The Morgan fingerprint density at radius 3 is 3.06 bits per heavy atom. The number of fused-ring (bicyclic) bond motifs is 1. The van der Waals surface area contributed by atoms with Gasteiger partial charge in [0.2, 0.25) is 0 Å². The maximum Gasteiger partial charge on any atom is 0.0649 e. The van der Waals surface area contributed by atoms with Gasteiger partial charge in [-0.15, -0.1) is 0 Å². The van der Waals surface area contributed by atoms with Gasteiger partial charge in [0, 0.05) is 29.2 Å². The van der Waals surface area contributed by atoms with E-state index >= 15 is 0 Å². The highest BCUT2D eigenvalue weighted by molar-refractivity contribution is 5.83. The van der Waals surface area contributed by atoms with Gasteiger partial charge in [-0.25, -0.2) is 0 Å². The van der Waals surface area contributed by atoms with Crippen LogP contribution in [0.5, 0.6) is 0 Å². The lowest BCUT2D eigenvalue weighted by Crippen LogP contribution is -2.53. The van der Waals surface area contributed by atoms with Gasteiger partial charge >= 0.3 is 0 Å². The molecule has 0 radical (unpaired) electrons. The highest BCUT2D eigenvalue weighted by atomic mass is 16.5. The second kappa shape index (κ2) is 4.17. The summed E-state index contributed by atoms with van der Waals surface area (Å²) in [6.07, 6.45) is 3.11. The van der Waals surface area contributed by atoms with Crippen molar-refractivity contribution in [1.29, 1.82) is 0 Å². The van der Waals surface area contributed by atoms with Crippen LogP contribution in [0, 0.1) is 0 Å². The number of benzene rings is 1. The molecule has 1 aliphatic rings. The van der Waals surface area contributed by atoms with Crippen molar-refractivity contribution in [2.75, 3.05) is 19.8 Å². The van der Waals surface area contributed by atoms with E-state index in [0.717, 1.165) is 26.2 Å². The number of aromatic nitrogens is 1. The second-order valence-electron chi connectivity index (χ2n) is 5.08. The molecule has 3 rings (SSSR count). The SMILES string of the molecule is CC1(Cc2c[nH]c3ccccc23)COCCN1. The lowest BCUT2D eigenvalue weighted by Gasteiger charge is -2.34. The van der Waals surface area contributed by atoms with E-state index in [0.29, 0.717) is 0 Å². The quantitative estimate of drug-likeness (QED) is 0.829. The molecule has 0 aliphatic carbocycles. The third kappa shape index (κ3) is 2.08. The fraction of sp³-hybridized carbons (Fsp3) is 0.429. The summed E-state index contributed by atoms with van der Waals surface area (Å²) in [5, 5.41) is 4.88. The van der Waals surface area contributed by atoms with Crippen molar-refractivity contribution in [3.63, 3.8) is 0 Å². The summed E-state index contributed by atoms with van der Waals surface area (Å²) in [5.74, 6) is 0. The van der Waals surface area contributed by atoms with Gasteiger partial charge in [0.15, 0.2) is 0 Å². The van der Waals surface area contributed by atoms with Gasteiger partial charge in [-0.3, -0.25) is 0 Å². The van der Waals surface area contributed by atoms with Gasteiger partial charge in [0.1, 0.15) is 0 Å². The monoisotopic (exact) mass is 230 g/mol. The summed E-state index contributed by atoms with van der Waals surface area (Å²) in [6, 6.07) is 8.44. The van der Waals surface area contributed by atoms with Crippen molar-refractivity contribution in [2.24, 2.45) is 0 Å². The zero-order chi connectivity index (χ0) is 11.7. The summed E-state index contributed by atoms with van der Waals surface area (Å²) in [7, 11) is 0. The number of H-pyrrole nitrogens is 1. The van der Waals surface area contributed by atoms with E-state index < -0.39 is 0 Å². The van der Waals surface area contributed by atoms with Crippen molar-refractivity contribution in [3.05, 3.63) is 36.0 Å². The van der Waals surface area contributed by atoms with Crippen LogP contribution in [0.15, 0.2) is 30.5 Å². The average Bonchev–Trinajstić information content (AvgIpc) is 2.73. The van der Waals surface area contributed by atoms with E-state index in [1.165, 1.54) is 16.5 Å². The van der Waals surface area contributed by atoms with Crippen LogP contribution in [0.1, 0.15) is 12.5 Å². The maximum atomic E-state index is 5.57. The molecule has 2 aromatic rings. The van der Waals surface area contributed by atoms with Crippen molar-refractivity contribution >= 4 is 10.9 Å². The van der Waals surface area contributed by atoms with Crippen LogP contribution in [0.4, 0.5) is 0 Å². The minimum absolute atomic E-state index is 0.0587. The molecule has 90 valence electrons. The number of aromatic amines is 1. The summed E-state index contributed by atoms with van der Waals surface area (Å²) >= 11 is 0. The highest BCUT2D eigenvalue weighted by Crippen LogP contribution is 2.23. The van der Waals surface area contributed by atoms with Gasteiger partial charge in [-0.05, 0) is 25.0 Å². The number of ether oxygens (including phenoxy) is 1. The topological polar surface area (TPSA) is 37.0 Å². The zero-order valence-corrected chi connectivity index (χ0v) is 10.1. The molecular weight excluding hydrogens is 212 g/mol. The Labute approximate surface area is 101 Å². The van der Waals surface area contributed by atoms with E-state index in [-0.39, 0.29) is 5.54 Å². The molecule has 1 unspecified atom stereocenters. The van der Waals surface area contributed by atoms with Crippen molar-refractivity contribution in [3.8, 4) is 0 Å². The number of nitrogens with one attached hydrogen (secondary N) is 2. The van der Waals surface area contributed by atoms with E-state index in [1.54, 1.807) is 0 Å². The van der Waals surface area contributed by atoms with Crippen LogP contribution in [0.3, 0.4) is 0 Å². The number of hydrogen-bond acceptors (Lipinski definition) is 2. The molecule has 2 N–H and O–H groups in total. The van der Waals surface area contributed by atoms with Gasteiger partial charge in [-0.2, -0.15) is 0 Å². The van der Waals surface area contributed by atoms with E-state index in [4.69, 9.17) is 4.74 Å². The first-order chi connectivity index (χ1) is 8.27. The Kier molecular flexibility index (Phi) is 2.65. The third-order valence-electron chi connectivity index (χ3n) is 3.47. The molecule has 2 heterocycles. The van der Waals surface area contributed by atoms with Crippen LogP contribution >= 0.6 is 0 Å².